The summed E-state index contributed by atoms with van der Waals surface area (Å²) < 4.78 is 5.15. The molecule has 0 saturated heterocycles. The second-order valence-electron chi connectivity index (χ2n) is 4.68. The maximum absolute atomic E-state index is 9.23. The largest absolute Gasteiger partial charge is 0.472 e. The minimum absolute atomic E-state index is 0.0225. The summed E-state index contributed by atoms with van der Waals surface area (Å²) in [5.74, 6) is 0. The Morgan fingerprint density at radius 1 is 1.20 bits per heavy atom. The maximum Gasteiger partial charge on any atom is 0.0981 e. The van der Waals surface area contributed by atoms with Crippen LogP contribution >= 0.6 is 0 Å². The van der Waals surface area contributed by atoms with Gasteiger partial charge in [-0.1, -0.05) is 0 Å². The number of nitrogen functional groups attached to an aromatic ring is 1. The number of aryl methyl sites for hydroxylation is 1. The molecule has 20 heavy (non-hydrogen) atoms. The van der Waals surface area contributed by atoms with Gasteiger partial charge >= 0.3 is 0 Å². The number of aliphatic hydroxyl groups excluding tert-OH is 2. The fourth-order valence-corrected chi connectivity index (χ4v) is 2.44. The average molecular weight is 276 g/mol. The van der Waals surface area contributed by atoms with Gasteiger partial charge < -0.3 is 25.3 Å². The third kappa shape index (κ3) is 2.95. The van der Waals surface area contributed by atoms with Crippen LogP contribution in [0.2, 0.25) is 0 Å². The Kier molecular flexibility index (Phi) is 4.65. The van der Waals surface area contributed by atoms with Gasteiger partial charge in [-0.3, -0.25) is 0 Å². The molecule has 4 N–H and O–H groups in total. The van der Waals surface area contributed by atoms with Crippen molar-refractivity contribution in [2.75, 3.05) is 36.9 Å². The Bertz CT molecular complexity index is 546. The number of hydrogen-bond acceptors (Lipinski definition) is 5. The van der Waals surface area contributed by atoms with Gasteiger partial charge in [0.05, 0.1) is 25.7 Å². The number of hydrogen-bond donors (Lipinski definition) is 3. The van der Waals surface area contributed by atoms with Gasteiger partial charge in [0.25, 0.3) is 0 Å². The zero-order valence-electron chi connectivity index (χ0n) is 11.5. The molecule has 0 aliphatic heterocycles. The summed E-state index contributed by atoms with van der Waals surface area (Å²) in [7, 11) is 0. The molecule has 0 aliphatic carbocycles. The molecule has 5 nitrogen and oxygen atoms in total. The van der Waals surface area contributed by atoms with Crippen molar-refractivity contribution in [1.29, 1.82) is 0 Å². The van der Waals surface area contributed by atoms with Crippen LogP contribution in [0.1, 0.15) is 5.56 Å². The van der Waals surface area contributed by atoms with Crippen LogP contribution in [0.3, 0.4) is 0 Å². The highest BCUT2D eigenvalue weighted by molar-refractivity contribution is 5.83. The predicted octanol–water partition coefficient (Wildman–Crippen LogP) is 1.63. The van der Waals surface area contributed by atoms with Gasteiger partial charge in [0, 0.05) is 35.6 Å². The number of nitrogens with two attached hydrogens (primary N) is 1. The Balaban J connectivity index is 2.54. The first-order valence-corrected chi connectivity index (χ1v) is 6.56. The van der Waals surface area contributed by atoms with E-state index in [0.29, 0.717) is 18.8 Å². The molecule has 0 atom stereocenters. The minimum atomic E-state index is 0.0225. The van der Waals surface area contributed by atoms with E-state index in [-0.39, 0.29) is 13.2 Å². The van der Waals surface area contributed by atoms with E-state index in [4.69, 9.17) is 10.2 Å². The highest BCUT2D eigenvalue weighted by Crippen LogP contribution is 2.36. The minimum Gasteiger partial charge on any atom is -0.472 e. The Hall–Kier alpha value is -1.98. The first-order chi connectivity index (χ1) is 9.67. The molecule has 2 rings (SSSR count). The molecule has 5 heteroatoms. The van der Waals surface area contributed by atoms with E-state index in [0.717, 1.165) is 22.4 Å². The molecule has 0 saturated carbocycles. The standard InChI is InChI=1S/C15H20N2O3/c1-11-8-13(16)9-14(12-2-7-20-10-12)15(11)17(3-5-18)4-6-19/h2,7-10,18-19H,3-6,16H2,1H3. The Morgan fingerprint density at radius 2 is 1.90 bits per heavy atom. The van der Waals surface area contributed by atoms with Crippen LogP contribution in [-0.2, 0) is 0 Å². The molecule has 1 aromatic heterocycles. The Labute approximate surface area is 118 Å². The molecular weight excluding hydrogens is 256 g/mol. The van der Waals surface area contributed by atoms with Crippen molar-refractivity contribution in [2.45, 2.75) is 6.92 Å². The lowest BCUT2D eigenvalue weighted by atomic mass is 10.0. The average Bonchev–Trinajstić information content (AvgIpc) is 2.91. The van der Waals surface area contributed by atoms with Gasteiger partial charge in [0.15, 0.2) is 0 Å². The first-order valence-electron chi connectivity index (χ1n) is 6.56. The SMILES string of the molecule is Cc1cc(N)cc(-c2ccoc2)c1N(CCO)CCO. The molecule has 1 heterocycles. The number of aliphatic hydroxyl groups is 2. The lowest BCUT2D eigenvalue weighted by Gasteiger charge is -2.27. The van der Waals surface area contributed by atoms with E-state index >= 15 is 0 Å². The molecule has 0 fully saturated rings. The molecule has 1 aromatic carbocycles. The normalized spacial score (nSPS) is 10.8. The van der Waals surface area contributed by atoms with Crippen LogP contribution in [0.25, 0.3) is 11.1 Å². The number of furan rings is 1. The highest BCUT2D eigenvalue weighted by Gasteiger charge is 2.16. The third-order valence-electron chi connectivity index (χ3n) is 3.21. The van der Waals surface area contributed by atoms with Gasteiger partial charge in [0.1, 0.15) is 0 Å². The summed E-state index contributed by atoms with van der Waals surface area (Å²) in [5.41, 5.74) is 10.4. The first kappa shape index (κ1) is 14.4. The van der Waals surface area contributed by atoms with Crippen LogP contribution in [-0.4, -0.2) is 36.5 Å². The van der Waals surface area contributed by atoms with Crippen LogP contribution in [0.4, 0.5) is 11.4 Å². The van der Waals surface area contributed by atoms with Crippen molar-refractivity contribution in [3.05, 3.63) is 36.3 Å². The van der Waals surface area contributed by atoms with Crippen molar-refractivity contribution in [3.8, 4) is 11.1 Å². The second kappa shape index (κ2) is 6.45. The molecular formula is C15H20N2O3. The molecule has 0 spiro atoms. The smallest absolute Gasteiger partial charge is 0.0981 e. The number of nitrogens with zero attached hydrogens (tertiary/aromatic N) is 1. The van der Waals surface area contributed by atoms with E-state index in [9.17, 15) is 10.2 Å². The molecule has 0 aliphatic rings. The Morgan fingerprint density at radius 3 is 2.45 bits per heavy atom. The van der Waals surface area contributed by atoms with Crippen LogP contribution in [0.5, 0.6) is 0 Å². The predicted molar refractivity (Wildman–Crippen MR) is 79.7 cm³/mol. The summed E-state index contributed by atoms with van der Waals surface area (Å²) in [6.45, 7) is 2.92. The van der Waals surface area contributed by atoms with Gasteiger partial charge in [-0.05, 0) is 30.7 Å². The summed E-state index contributed by atoms with van der Waals surface area (Å²) >= 11 is 0. The molecule has 2 aromatic rings. The quantitative estimate of drug-likeness (QED) is 0.698. The van der Waals surface area contributed by atoms with Gasteiger partial charge in [-0.2, -0.15) is 0 Å². The van der Waals surface area contributed by atoms with E-state index < -0.39 is 0 Å². The molecule has 108 valence electrons. The van der Waals surface area contributed by atoms with E-state index in [2.05, 4.69) is 0 Å². The van der Waals surface area contributed by atoms with E-state index in [1.807, 2.05) is 30.0 Å². The number of rotatable bonds is 6. The van der Waals surface area contributed by atoms with Crippen LogP contribution in [0.15, 0.2) is 35.1 Å². The van der Waals surface area contributed by atoms with Crippen molar-refractivity contribution >= 4 is 11.4 Å². The van der Waals surface area contributed by atoms with Crippen molar-refractivity contribution in [3.63, 3.8) is 0 Å². The van der Waals surface area contributed by atoms with Gasteiger partial charge in [-0.25, -0.2) is 0 Å². The zero-order valence-corrected chi connectivity index (χ0v) is 11.5. The maximum atomic E-state index is 9.23. The summed E-state index contributed by atoms with van der Waals surface area (Å²) in [6.07, 6.45) is 3.27. The van der Waals surface area contributed by atoms with E-state index in [1.165, 1.54) is 0 Å². The third-order valence-corrected chi connectivity index (χ3v) is 3.21. The molecule has 0 bridgehead atoms. The molecule has 0 unspecified atom stereocenters. The van der Waals surface area contributed by atoms with Crippen molar-refractivity contribution in [1.82, 2.24) is 0 Å². The number of anilines is 2. The molecule has 0 amide bonds. The van der Waals surface area contributed by atoms with Gasteiger partial charge in [0.2, 0.25) is 0 Å². The lowest BCUT2D eigenvalue weighted by Crippen LogP contribution is -2.30. The fraction of sp³-hybridized carbons (Fsp3) is 0.333. The monoisotopic (exact) mass is 276 g/mol. The van der Waals surface area contributed by atoms with Crippen molar-refractivity contribution in [2.24, 2.45) is 0 Å². The second-order valence-corrected chi connectivity index (χ2v) is 4.68. The summed E-state index contributed by atoms with van der Waals surface area (Å²) in [6, 6.07) is 5.64. The summed E-state index contributed by atoms with van der Waals surface area (Å²) in [4.78, 5) is 1.96. The highest BCUT2D eigenvalue weighted by atomic mass is 16.3. The van der Waals surface area contributed by atoms with Crippen LogP contribution in [0, 0.1) is 6.92 Å². The van der Waals surface area contributed by atoms with Crippen molar-refractivity contribution < 1.29 is 14.6 Å². The van der Waals surface area contributed by atoms with Crippen LogP contribution < -0.4 is 10.6 Å². The molecule has 0 radical (unpaired) electrons. The summed E-state index contributed by atoms with van der Waals surface area (Å²) in [5, 5.41) is 18.5. The van der Waals surface area contributed by atoms with Gasteiger partial charge in [-0.15, -0.1) is 0 Å². The lowest BCUT2D eigenvalue weighted by molar-refractivity contribution is 0.281. The zero-order chi connectivity index (χ0) is 14.5. The van der Waals surface area contributed by atoms with E-state index in [1.54, 1.807) is 12.5 Å². The fourth-order valence-electron chi connectivity index (χ4n) is 2.44. The number of benzene rings is 1. The topological polar surface area (TPSA) is 82.9 Å².